The van der Waals surface area contributed by atoms with Gasteiger partial charge in [0.25, 0.3) is 0 Å². The molecule has 2 heterocycles. The van der Waals surface area contributed by atoms with E-state index in [2.05, 4.69) is 9.97 Å². The van der Waals surface area contributed by atoms with E-state index < -0.39 is 37.1 Å². The molecule has 5 atom stereocenters. The number of hydrogen-bond acceptors (Lipinski definition) is 6. The number of aromatic nitrogens is 2. The summed E-state index contributed by atoms with van der Waals surface area (Å²) >= 11 is 0. The number of benzene rings is 1. The number of hydrogen-bond donors (Lipinski definition) is 5. The first kappa shape index (κ1) is 13.5. The zero-order chi connectivity index (χ0) is 14.3. The molecule has 20 heavy (non-hydrogen) atoms. The molecular formula is C13H16N2O5. The zero-order valence-corrected chi connectivity index (χ0v) is 10.5. The van der Waals surface area contributed by atoms with Crippen molar-refractivity contribution in [3.63, 3.8) is 0 Å². The third-order valence-electron chi connectivity index (χ3n) is 3.57. The summed E-state index contributed by atoms with van der Waals surface area (Å²) in [5, 5.41) is 38.7. The van der Waals surface area contributed by atoms with Crippen LogP contribution in [0, 0.1) is 0 Å². The Hall–Kier alpha value is -1.51. The largest absolute Gasteiger partial charge is 0.394 e. The van der Waals surface area contributed by atoms with Crippen molar-refractivity contribution in [1.82, 2.24) is 9.97 Å². The van der Waals surface area contributed by atoms with Crippen LogP contribution in [-0.2, 0) is 4.74 Å². The van der Waals surface area contributed by atoms with E-state index in [0.29, 0.717) is 11.3 Å². The second kappa shape index (κ2) is 5.12. The smallest absolute Gasteiger partial charge is 0.144 e. The van der Waals surface area contributed by atoms with Gasteiger partial charge in [-0.05, 0) is 12.1 Å². The SMILES string of the molecule is OC[C@H]1O[C@@H](c2nc3ccccc3[nH]2)[C@H](O)[C@@H](O)[C@H]1O. The molecule has 1 aromatic heterocycles. The molecule has 0 unspecified atom stereocenters. The maximum Gasteiger partial charge on any atom is 0.144 e. The fourth-order valence-electron chi connectivity index (χ4n) is 2.43. The number of para-hydroxylation sites is 2. The molecule has 1 saturated heterocycles. The van der Waals surface area contributed by atoms with Gasteiger partial charge in [-0.1, -0.05) is 12.1 Å². The number of aliphatic hydroxyl groups is 4. The van der Waals surface area contributed by atoms with Gasteiger partial charge in [0.05, 0.1) is 17.6 Å². The topological polar surface area (TPSA) is 119 Å². The summed E-state index contributed by atoms with van der Waals surface area (Å²) in [6.07, 6.45) is -5.97. The Bertz CT molecular complexity index is 566. The Morgan fingerprint density at radius 3 is 2.55 bits per heavy atom. The van der Waals surface area contributed by atoms with E-state index in [9.17, 15) is 15.3 Å². The number of nitrogens with zero attached hydrogens (tertiary/aromatic N) is 1. The molecule has 5 N–H and O–H groups in total. The molecule has 0 bridgehead atoms. The van der Waals surface area contributed by atoms with Crippen molar-refractivity contribution in [1.29, 1.82) is 0 Å². The van der Waals surface area contributed by atoms with Crippen LogP contribution in [0.3, 0.4) is 0 Å². The number of rotatable bonds is 2. The van der Waals surface area contributed by atoms with Gasteiger partial charge in [0.1, 0.15) is 36.3 Å². The van der Waals surface area contributed by atoms with Crippen LogP contribution in [0.15, 0.2) is 24.3 Å². The lowest BCUT2D eigenvalue weighted by Gasteiger charge is -2.39. The Balaban J connectivity index is 1.95. The van der Waals surface area contributed by atoms with Gasteiger partial charge in [-0.3, -0.25) is 0 Å². The van der Waals surface area contributed by atoms with Crippen molar-refractivity contribution in [2.45, 2.75) is 30.5 Å². The highest BCUT2D eigenvalue weighted by molar-refractivity contribution is 5.74. The van der Waals surface area contributed by atoms with Gasteiger partial charge in [0.15, 0.2) is 0 Å². The number of ether oxygens (including phenoxy) is 1. The lowest BCUT2D eigenvalue weighted by atomic mass is 9.95. The summed E-state index contributed by atoms with van der Waals surface area (Å²) in [4.78, 5) is 7.31. The van der Waals surface area contributed by atoms with E-state index >= 15 is 0 Å². The van der Waals surface area contributed by atoms with Crippen LogP contribution < -0.4 is 0 Å². The molecule has 1 fully saturated rings. The second-order valence-electron chi connectivity index (χ2n) is 4.89. The number of imidazole rings is 1. The minimum absolute atomic E-state index is 0.350. The van der Waals surface area contributed by atoms with Gasteiger partial charge in [0, 0.05) is 0 Å². The van der Waals surface area contributed by atoms with Crippen LogP contribution in [0.5, 0.6) is 0 Å². The van der Waals surface area contributed by atoms with Crippen LogP contribution in [-0.4, -0.2) is 61.4 Å². The van der Waals surface area contributed by atoms with Crippen molar-refractivity contribution >= 4 is 11.0 Å². The molecule has 0 radical (unpaired) electrons. The highest BCUT2D eigenvalue weighted by atomic mass is 16.5. The summed E-state index contributed by atoms with van der Waals surface area (Å²) in [5.74, 6) is 0.350. The molecule has 7 heteroatoms. The van der Waals surface area contributed by atoms with Crippen LogP contribution in [0.2, 0.25) is 0 Å². The van der Waals surface area contributed by atoms with Crippen LogP contribution in [0.4, 0.5) is 0 Å². The van der Waals surface area contributed by atoms with Gasteiger partial charge < -0.3 is 30.1 Å². The molecule has 1 aliphatic rings. The minimum atomic E-state index is -1.40. The quantitative estimate of drug-likeness (QED) is 0.485. The maximum absolute atomic E-state index is 10.0. The van der Waals surface area contributed by atoms with E-state index in [0.717, 1.165) is 5.52 Å². The average Bonchev–Trinajstić information content (AvgIpc) is 2.89. The lowest BCUT2D eigenvalue weighted by molar-refractivity contribution is -0.233. The van der Waals surface area contributed by atoms with Gasteiger partial charge in [-0.2, -0.15) is 0 Å². The molecule has 108 valence electrons. The molecule has 0 saturated carbocycles. The molecule has 1 aliphatic heterocycles. The van der Waals surface area contributed by atoms with E-state index in [1.165, 1.54) is 0 Å². The summed E-state index contributed by atoms with van der Waals surface area (Å²) in [6.45, 7) is -0.457. The Morgan fingerprint density at radius 1 is 1.10 bits per heavy atom. The number of aromatic amines is 1. The van der Waals surface area contributed by atoms with Gasteiger partial charge >= 0.3 is 0 Å². The summed E-state index contributed by atoms with van der Waals surface area (Å²) in [7, 11) is 0. The monoisotopic (exact) mass is 280 g/mol. The highest BCUT2D eigenvalue weighted by Crippen LogP contribution is 2.31. The minimum Gasteiger partial charge on any atom is -0.394 e. The highest BCUT2D eigenvalue weighted by Gasteiger charge is 2.45. The van der Waals surface area contributed by atoms with Crippen LogP contribution in [0.1, 0.15) is 11.9 Å². The number of aliphatic hydroxyl groups excluding tert-OH is 4. The third kappa shape index (κ3) is 2.09. The average molecular weight is 280 g/mol. The van der Waals surface area contributed by atoms with Crippen LogP contribution in [0.25, 0.3) is 11.0 Å². The van der Waals surface area contributed by atoms with Crippen molar-refractivity contribution in [2.75, 3.05) is 6.61 Å². The Labute approximate surface area is 114 Å². The summed E-state index contributed by atoms with van der Waals surface area (Å²) < 4.78 is 5.44. The molecule has 0 amide bonds. The Kier molecular flexibility index (Phi) is 3.45. The first-order chi connectivity index (χ1) is 9.61. The second-order valence-corrected chi connectivity index (χ2v) is 4.89. The van der Waals surface area contributed by atoms with E-state index in [4.69, 9.17) is 9.84 Å². The molecule has 3 rings (SSSR count). The maximum atomic E-state index is 10.0. The first-order valence-electron chi connectivity index (χ1n) is 6.37. The predicted molar refractivity (Wildman–Crippen MR) is 68.8 cm³/mol. The summed E-state index contributed by atoms with van der Waals surface area (Å²) in [6, 6.07) is 7.31. The van der Waals surface area contributed by atoms with Crippen molar-refractivity contribution in [3.8, 4) is 0 Å². The molecule has 0 aliphatic carbocycles. The standard InChI is InChI=1S/C13H16N2O5/c16-5-8-9(17)10(18)11(19)12(20-8)13-14-6-3-1-2-4-7(6)15-13/h1-4,8-12,16-19H,5H2,(H,14,15)/t8-,9+,10+,11-,12-/m1/s1. The zero-order valence-electron chi connectivity index (χ0n) is 10.5. The summed E-state index contributed by atoms with van der Waals surface area (Å²) in [5.41, 5.74) is 1.49. The first-order valence-corrected chi connectivity index (χ1v) is 6.37. The lowest BCUT2D eigenvalue weighted by Crippen LogP contribution is -2.55. The molecule has 2 aromatic rings. The van der Waals surface area contributed by atoms with Crippen molar-refractivity contribution in [2.24, 2.45) is 0 Å². The fraction of sp³-hybridized carbons (Fsp3) is 0.462. The van der Waals surface area contributed by atoms with E-state index in [-0.39, 0.29) is 0 Å². The van der Waals surface area contributed by atoms with Gasteiger partial charge in [-0.25, -0.2) is 4.98 Å². The van der Waals surface area contributed by atoms with Crippen LogP contribution >= 0.6 is 0 Å². The number of H-pyrrole nitrogens is 1. The van der Waals surface area contributed by atoms with Crippen molar-refractivity contribution in [3.05, 3.63) is 30.1 Å². The predicted octanol–water partition coefficient (Wildman–Crippen LogP) is -0.922. The fourth-order valence-corrected chi connectivity index (χ4v) is 2.43. The third-order valence-corrected chi connectivity index (χ3v) is 3.57. The molecule has 0 spiro atoms. The number of fused-ring (bicyclic) bond motifs is 1. The van der Waals surface area contributed by atoms with Gasteiger partial charge in [-0.15, -0.1) is 0 Å². The number of nitrogens with one attached hydrogen (secondary N) is 1. The molecule has 7 nitrogen and oxygen atoms in total. The van der Waals surface area contributed by atoms with E-state index in [1.54, 1.807) is 6.07 Å². The molecule has 1 aromatic carbocycles. The van der Waals surface area contributed by atoms with Gasteiger partial charge in [0.2, 0.25) is 0 Å². The molecular weight excluding hydrogens is 264 g/mol. The van der Waals surface area contributed by atoms with E-state index in [1.807, 2.05) is 18.2 Å². The van der Waals surface area contributed by atoms with Crippen molar-refractivity contribution < 1.29 is 25.2 Å². The normalized spacial score (nSPS) is 34.5. The Morgan fingerprint density at radius 2 is 1.85 bits per heavy atom.